The molecule has 0 atom stereocenters. The predicted molar refractivity (Wildman–Crippen MR) is 51.9 cm³/mol. The molecule has 0 radical (unpaired) electrons. The monoisotopic (exact) mass is 200 g/mol. The van der Waals surface area contributed by atoms with Gasteiger partial charge in [0, 0.05) is 6.42 Å². The molecular formula is C10H16O4. The summed E-state index contributed by atoms with van der Waals surface area (Å²) in [5.74, 6) is -1.39. The molecule has 80 valence electrons. The van der Waals surface area contributed by atoms with E-state index < -0.39 is 11.8 Å². The molecule has 0 aromatic heterocycles. The molecule has 0 rings (SSSR count). The van der Waals surface area contributed by atoms with Crippen LogP contribution >= 0.6 is 0 Å². The zero-order chi connectivity index (χ0) is 11.1. The first-order valence-corrected chi connectivity index (χ1v) is 4.64. The Bertz CT molecular complexity index is 229. The number of aliphatic carboxylic acids is 1. The average molecular weight is 200 g/mol. The van der Waals surface area contributed by atoms with E-state index in [2.05, 4.69) is 0 Å². The van der Waals surface area contributed by atoms with Gasteiger partial charge in [-0.25, -0.2) is 4.79 Å². The van der Waals surface area contributed by atoms with Gasteiger partial charge in [0.25, 0.3) is 0 Å². The predicted octanol–water partition coefficient (Wildman–Crippen LogP) is 1.75. The summed E-state index contributed by atoms with van der Waals surface area (Å²) in [5.41, 5.74) is -0.228. The van der Waals surface area contributed by atoms with Gasteiger partial charge in [-0.15, -0.1) is 0 Å². The standard InChI is InChI=1S/C10H16O4/c1-4-6-8(14-5-2)9(7(3)11)10(12)13/h4-6H2,1-3H3,(H,12,13). The average Bonchev–Trinajstić information content (AvgIpc) is 2.03. The van der Waals surface area contributed by atoms with Gasteiger partial charge < -0.3 is 9.84 Å². The topological polar surface area (TPSA) is 63.6 Å². The third-order valence-electron chi connectivity index (χ3n) is 1.64. The van der Waals surface area contributed by atoms with Crippen molar-refractivity contribution in [1.29, 1.82) is 0 Å². The lowest BCUT2D eigenvalue weighted by Crippen LogP contribution is -2.14. The fourth-order valence-electron chi connectivity index (χ4n) is 1.14. The number of carboxylic acid groups (broad SMARTS) is 1. The van der Waals surface area contributed by atoms with Gasteiger partial charge in [-0.05, 0) is 20.3 Å². The lowest BCUT2D eigenvalue weighted by Gasteiger charge is -2.10. The summed E-state index contributed by atoms with van der Waals surface area (Å²) in [6, 6.07) is 0. The van der Waals surface area contributed by atoms with Crippen LogP contribution in [0.3, 0.4) is 0 Å². The van der Waals surface area contributed by atoms with Crippen molar-refractivity contribution in [1.82, 2.24) is 0 Å². The van der Waals surface area contributed by atoms with Gasteiger partial charge in [0.2, 0.25) is 0 Å². The van der Waals surface area contributed by atoms with Crippen molar-refractivity contribution in [3.8, 4) is 0 Å². The van der Waals surface area contributed by atoms with Crippen LogP contribution in [0.15, 0.2) is 11.3 Å². The van der Waals surface area contributed by atoms with E-state index >= 15 is 0 Å². The third-order valence-corrected chi connectivity index (χ3v) is 1.64. The van der Waals surface area contributed by atoms with Crippen molar-refractivity contribution in [3.63, 3.8) is 0 Å². The lowest BCUT2D eigenvalue weighted by molar-refractivity contribution is -0.134. The van der Waals surface area contributed by atoms with Crippen LogP contribution < -0.4 is 0 Å². The molecular weight excluding hydrogens is 184 g/mol. The van der Waals surface area contributed by atoms with Gasteiger partial charge in [-0.1, -0.05) is 6.92 Å². The molecule has 0 aromatic rings. The zero-order valence-electron chi connectivity index (χ0n) is 8.79. The number of rotatable bonds is 6. The summed E-state index contributed by atoms with van der Waals surface area (Å²) in [7, 11) is 0. The highest BCUT2D eigenvalue weighted by molar-refractivity contribution is 6.16. The number of ether oxygens (including phenoxy) is 1. The van der Waals surface area contributed by atoms with Crippen LogP contribution in [0.5, 0.6) is 0 Å². The smallest absolute Gasteiger partial charge is 0.342 e. The molecule has 0 aliphatic rings. The van der Waals surface area contributed by atoms with Crippen LogP contribution in [-0.2, 0) is 14.3 Å². The minimum Gasteiger partial charge on any atom is -0.497 e. The minimum absolute atomic E-state index is 0.228. The quantitative estimate of drug-likeness (QED) is 0.307. The van der Waals surface area contributed by atoms with Crippen molar-refractivity contribution in [2.75, 3.05) is 6.61 Å². The molecule has 4 nitrogen and oxygen atoms in total. The summed E-state index contributed by atoms with van der Waals surface area (Å²) in [6.45, 7) is 5.27. The van der Waals surface area contributed by atoms with Crippen molar-refractivity contribution in [2.24, 2.45) is 0 Å². The Morgan fingerprint density at radius 2 is 1.86 bits per heavy atom. The molecule has 0 fully saturated rings. The van der Waals surface area contributed by atoms with Crippen LogP contribution in [0, 0.1) is 0 Å². The summed E-state index contributed by atoms with van der Waals surface area (Å²) >= 11 is 0. The molecule has 0 aromatic carbocycles. The van der Waals surface area contributed by atoms with E-state index in [1.54, 1.807) is 6.92 Å². The molecule has 0 unspecified atom stereocenters. The molecule has 0 bridgehead atoms. The van der Waals surface area contributed by atoms with E-state index in [9.17, 15) is 9.59 Å². The van der Waals surface area contributed by atoms with E-state index in [0.717, 1.165) is 6.42 Å². The number of Topliss-reactive ketones (excluding diaryl/α,β-unsaturated/α-hetero) is 1. The second kappa shape index (κ2) is 6.18. The van der Waals surface area contributed by atoms with Gasteiger partial charge >= 0.3 is 5.97 Å². The highest BCUT2D eigenvalue weighted by Crippen LogP contribution is 2.14. The molecule has 0 saturated carbocycles. The normalized spacial score (nSPS) is 11.9. The number of carbonyl (C=O) groups is 2. The van der Waals surface area contributed by atoms with Crippen molar-refractivity contribution in [2.45, 2.75) is 33.6 Å². The van der Waals surface area contributed by atoms with Gasteiger partial charge in [-0.3, -0.25) is 4.79 Å². The molecule has 0 aliphatic carbocycles. The second-order valence-corrected chi connectivity index (χ2v) is 2.84. The molecule has 0 amide bonds. The Labute approximate surface area is 83.6 Å². The van der Waals surface area contributed by atoms with Gasteiger partial charge in [0.05, 0.1) is 6.61 Å². The highest BCUT2D eigenvalue weighted by Gasteiger charge is 2.19. The van der Waals surface area contributed by atoms with Crippen molar-refractivity contribution < 1.29 is 19.4 Å². The Morgan fingerprint density at radius 1 is 1.29 bits per heavy atom. The van der Waals surface area contributed by atoms with E-state index in [-0.39, 0.29) is 11.3 Å². The molecule has 0 heterocycles. The molecule has 0 aliphatic heterocycles. The van der Waals surface area contributed by atoms with Crippen LogP contribution in [0.4, 0.5) is 0 Å². The molecule has 14 heavy (non-hydrogen) atoms. The first-order valence-electron chi connectivity index (χ1n) is 4.64. The summed E-state index contributed by atoms with van der Waals surface area (Å²) in [4.78, 5) is 21.8. The maximum Gasteiger partial charge on any atom is 0.342 e. The first-order chi connectivity index (χ1) is 6.54. The maximum atomic E-state index is 11.1. The Morgan fingerprint density at radius 3 is 2.14 bits per heavy atom. The number of carbonyl (C=O) groups excluding carboxylic acids is 1. The minimum atomic E-state index is -1.21. The van der Waals surface area contributed by atoms with E-state index in [1.807, 2.05) is 6.92 Å². The van der Waals surface area contributed by atoms with Crippen LogP contribution in [-0.4, -0.2) is 23.5 Å². The molecule has 4 heteroatoms. The van der Waals surface area contributed by atoms with Crippen molar-refractivity contribution in [3.05, 3.63) is 11.3 Å². The number of ketones is 1. The molecule has 0 spiro atoms. The van der Waals surface area contributed by atoms with Crippen LogP contribution in [0.2, 0.25) is 0 Å². The number of hydrogen-bond acceptors (Lipinski definition) is 3. The van der Waals surface area contributed by atoms with Gasteiger partial charge in [-0.2, -0.15) is 0 Å². The first kappa shape index (κ1) is 12.7. The number of hydrogen-bond donors (Lipinski definition) is 1. The SMILES string of the molecule is CCCC(OCC)=C(C(C)=O)C(=O)O. The number of carboxylic acids is 1. The van der Waals surface area contributed by atoms with Crippen LogP contribution in [0.1, 0.15) is 33.6 Å². The van der Waals surface area contributed by atoms with E-state index in [4.69, 9.17) is 9.84 Å². The summed E-state index contributed by atoms with van der Waals surface area (Å²) in [6.07, 6.45) is 1.23. The van der Waals surface area contributed by atoms with Gasteiger partial charge in [0.1, 0.15) is 11.3 Å². The Kier molecular flexibility index (Phi) is 5.60. The summed E-state index contributed by atoms with van der Waals surface area (Å²) < 4.78 is 5.15. The largest absolute Gasteiger partial charge is 0.497 e. The maximum absolute atomic E-state index is 11.1. The lowest BCUT2D eigenvalue weighted by atomic mass is 10.1. The second-order valence-electron chi connectivity index (χ2n) is 2.84. The fourth-order valence-corrected chi connectivity index (χ4v) is 1.14. The van der Waals surface area contributed by atoms with Gasteiger partial charge in [0.15, 0.2) is 5.78 Å². The molecule has 0 saturated heterocycles. The number of allylic oxidation sites excluding steroid dienone is 1. The Balaban J connectivity index is 5.03. The Hall–Kier alpha value is -1.32. The van der Waals surface area contributed by atoms with Crippen LogP contribution in [0.25, 0.3) is 0 Å². The van der Waals surface area contributed by atoms with E-state index in [1.165, 1.54) is 6.92 Å². The summed E-state index contributed by atoms with van der Waals surface area (Å²) in [5, 5.41) is 8.81. The zero-order valence-corrected chi connectivity index (χ0v) is 8.79. The molecule has 1 N–H and O–H groups in total. The van der Waals surface area contributed by atoms with E-state index in [0.29, 0.717) is 13.0 Å². The third kappa shape index (κ3) is 3.60. The van der Waals surface area contributed by atoms with Crippen molar-refractivity contribution >= 4 is 11.8 Å². The highest BCUT2D eigenvalue weighted by atomic mass is 16.5. The fraction of sp³-hybridized carbons (Fsp3) is 0.600.